The number of amidine groups is 1. The van der Waals surface area contributed by atoms with Crippen LogP contribution >= 0.6 is 33.4 Å². The number of pyridine rings is 1. The average molecular weight is 459 g/mol. The molecular formula is C16H23ClN8O2S2. The monoisotopic (exact) mass is 458 g/mol. The highest BCUT2D eigenvalue weighted by atomic mass is 35.5. The molecule has 2 heterocycles. The maximum absolute atomic E-state index is 12.1. The predicted octanol–water partition coefficient (Wildman–Crippen LogP) is 0.919. The number of nitrogens with zero attached hydrogens (tertiary/aromatic N) is 2. The first-order valence-electron chi connectivity index (χ1n) is 8.75. The minimum absolute atomic E-state index is 0.103. The van der Waals surface area contributed by atoms with E-state index in [1.54, 1.807) is 39.9 Å². The number of hydrogen-bond donors (Lipinski definition) is 6. The molecule has 29 heavy (non-hydrogen) atoms. The Kier molecular flexibility index (Phi) is 10.7. The summed E-state index contributed by atoms with van der Waals surface area (Å²) in [6.45, 7) is 1.10. The third-order valence-corrected chi connectivity index (χ3v) is 6.19. The Balaban J connectivity index is 1.51. The van der Waals surface area contributed by atoms with E-state index in [-0.39, 0.29) is 11.8 Å². The number of nitrogen functional groups attached to an aromatic ring is 1. The van der Waals surface area contributed by atoms with Gasteiger partial charge in [-0.25, -0.2) is 15.8 Å². The lowest BCUT2D eigenvalue weighted by Crippen LogP contribution is -2.33. The first kappa shape index (κ1) is 23.3. The fourth-order valence-corrected chi connectivity index (χ4v) is 4.14. The number of halogens is 1. The number of hydrazine groups is 2. The molecule has 2 amide bonds. The molecule has 158 valence electrons. The van der Waals surface area contributed by atoms with Gasteiger partial charge in [-0.1, -0.05) is 21.6 Å². The summed E-state index contributed by atoms with van der Waals surface area (Å²) in [7, 11) is 3.27. The van der Waals surface area contributed by atoms with Crippen LogP contribution in [-0.2, 0) is 4.79 Å². The van der Waals surface area contributed by atoms with Crippen molar-refractivity contribution < 1.29 is 9.59 Å². The quantitative estimate of drug-likeness (QED) is 0.0936. The zero-order valence-electron chi connectivity index (χ0n) is 15.5. The van der Waals surface area contributed by atoms with Gasteiger partial charge in [-0.15, -0.1) is 4.94 Å². The Bertz CT molecular complexity index is 745. The number of rotatable bonds is 11. The highest BCUT2D eigenvalue weighted by molar-refractivity contribution is 8.76. The van der Waals surface area contributed by atoms with Gasteiger partial charge in [-0.2, -0.15) is 0 Å². The number of hydrogen-bond acceptors (Lipinski definition) is 10. The Hall–Kier alpha value is -1.99. The highest BCUT2D eigenvalue weighted by Crippen LogP contribution is 2.19. The van der Waals surface area contributed by atoms with E-state index in [0.29, 0.717) is 48.7 Å². The van der Waals surface area contributed by atoms with E-state index >= 15 is 0 Å². The van der Waals surface area contributed by atoms with Crippen molar-refractivity contribution in [3.8, 4) is 0 Å². The molecule has 1 aromatic heterocycles. The van der Waals surface area contributed by atoms with Gasteiger partial charge in [0.05, 0.1) is 5.56 Å². The maximum atomic E-state index is 12.1. The van der Waals surface area contributed by atoms with E-state index in [0.717, 1.165) is 11.5 Å². The SMILES string of the molecule is NNc1ccc(C(=O)NCCSSCCNC(=O)C2=CN=C(NNCl)CC2)cn1. The number of nitrogens with two attached hydrogens (primary N) is 1. The molecule has 10 nitrogen and oxygen atoms in total. The van der Waals surface area contributed by atoms with Crippen molar-refractivity contribution in [1.82, 2.24) is 26.0 Å². The maximum Gasteiger partial charge on any atom is 0.252 e. The first-order valence-corrected chi connectivity index (χ1v) is 11.6. The minimum Gasteiger partial charge on any atom is -0.351 e. The van der Waals surface area contributed by atoms with Crippen LogP contribution in [0, 0.1) is 0 Å². The van der Waals surface area contributed by atoms with Crippen molar-refractivity contribution in [3.05, 3.63) is 35.7 Å². The Morgan fingerprint density at radius 3 is 2.38 bits per heavy atom. The second kappa shape index (κ2) is 13.3. The summed E-state index contributed by atoms with van der Waals surface area (Å²) in [5.74, 6) is 7.66. The van der Waals surface area contributed by atoms with Crippen LogP contribution in [0.5, 0.6) is 0 Å². The van der Waals surface area contributed by atoms with Crippen molar-refractivity contribution in [1.29, 1.82) is 0 Å². The number of amides is 2. The molecular weight excluding hydrogens is 436 g/mol. The van der Waals surface area contributed by atoms with Crippen molar-refractivity contribution >= 4 is 56.8 Å². The second-order valence-corrected chi connectivity index (χ2v) is 8.57. The summed E-state index contributed by atoms with van der Waals surface area (Å²) >= 11 is 5.34. The molecule has 2 rings (SSSR count). The molecule has 0 bridgehead atoms. The van der Waals surface area contributed by atoms with Gasteiger partial charge in [0, 0.05) is 49.0 Å². The molecule has 0 atom stereocenters. The molecule has 0 spiro atoms. The summed E-state index contributed by atoms with van der Waals surface area (Å²) < 4.78 is 0. The molecule has 7 N–H and O–H groups in total. The summed E-state index contributed by atoms with van der Waals surface area (Å²) in [6, 6.07) is 3.29. The van der Waals surface area contributed by atoms with E-state index in [2.05, 4.69) is 36.4 Å². The number of carbonyl (C=O) groups excluding carboxylic acids is 2. The van der Waals surface area contributed by atoms with E-state index in [4.69, 9.17) is 17.6 Å². The van der Waals surface area contributed by atoms with Gasteiger partial charge in [-0.3, -0.25) is 15.0 Å². The molecule has 0 radical (unpaired) electrons. The smallest absolute Gasteiger partial charge is 0.252 e. The summed E-state index contributed by atoms with van der Waals surface area (Å²) in [5, 5.41) is 5.70. The topological polar surface area (TPSA) is 146 Å². The zero-order chi connectivity index (χ0) is 20.9. The predicted molar refractivity (Wildman–Crippen MR) is 119 cm³/mol. The fraction of sp³-hybridized carbons (Fsp3) is 0.375. The molecule has 1 aliphatic heterocycles. The van der Waals surface area contributed by atoms with Crippen molar-refractivity contribution in [2.45, 2.75) is 12.8 Å². The van der Waals surface area contributed by atoms with Crippen LogP contribution in [0.4, 0.5) is 5.82 Å². The average Bonchev–Trinajstić information content (AvgIpc) is 2.76. The molecule has 1 aliphatic rings. The van der Waals surface area contributed by atoms with Crippen molar-refractivity contribution in [2.75, 3.05) is 30.0 Å². The number of aliphatic imine (C=N–C) groups is 1. The molecule has 1 aromatic rings. The van der Waals surface area contributed by atoms with Gasteiger partial charge in [0.25, 0.3) is 5.91 Å². The van der Waals surface area contributed by atoms with Gasteiger partial charge in [0.2, 0.25) is 5.91 Å². The zero-order valence-corrected chi connectivity index (χ0v) is 17.9. The molecule has 0 saturated carbocycles. The normalized spacial score (nSPS) is 13.2. The molecule has 0 aromatic carbocycles. The number of carbonyl (C=O) groups is 2. The van der Waals surface area contributed by atoms with E-state index in [1.165, 1.54) is 6.20 Å². The molecule has 13 heteroatoms. The number of anilines is 1. The van der Waals surface area contributed by atoms with Gasteiger partial charge >= 0.3 is 0 Å². The van der Waals surface area contributed by atoms with Crippen LogP contribution < -0.4 is 32.3 Å². The van der Waals surface area contributed by atoms with E-state index in [9.17, 15) is 9.59 Å². The molecule has 0 aliphatic carbocycles. The fourth-order valence-electron chi connectivity index (χ4n) is 2.22. The third-order valence-electron chi connectivity index (χ3n) is 3.69. The Morgan fingerprint density at radius 1 is 1.10 bits per heavy atom. The lowest BCUT2D eigenvalue weighted by atomic mass is 10.1. The molecule has 0 fully saturated rings. The van der Waals surface area contributed by atoms with E-state index < -0.39 is 0 Å². The van der Waals surface area contributed by atoms with Crippen LogP contribution in [-0.4, -0.2) is 47.2 Å². The van der Waals surface area contributed by atoms with Gasteiger partial charge in [-0.05, 0) is 30.3 Å². The Morgan fingerprint density at radius 2 is 1.83 bits per heavy atom. The summed E-state index contributed by atoms with van der Waals surface area (Å²) in [5.41, 5.74) is 6.22. The Labute approximate surface area is 181 Å². The molecule has 0 unspecified atom stereocenters. The second-order valence-electron chi connectivity index (χ2n) is 5.68. The van der Waals surface area contributed by atoms with Crippen LogP contribution in [0.3, 0.4) is 0 Å². The standard InChI is InChI=1S/C16H23ClN8O2S2/c17-25-24-14-4-2-12(10-22-14)16(27)20-6-8-29-28-7-5-19-15(26)11-1-3-13(23-18)21-9-11/h1,3,9-10,25H,2,4-8,18H2,(H,19,26)(H,20,27)(H,21,23)(H,22,24). The molecule has 0 saturated heterocycles. The lowest BCUT2D eigenvalue weighted by Gasteiger charge is -2.13. The van der Waals surface area contributed by atoms with Gasteiger partial charge < -0.3 is 16.1 Å². The number of aromatic nitrogens is 1. The number of nitrogens with one attached hydrogen (secondary N) is 5. The van der Waals surface area contributed by atoms with Crippen LogP contribution in [0.15, 0.2) is 35.1 Å². The first-order chi connectivity index (χ1) is 14.1. The highest BCUT2D eigenvalue weighted by Gasteiger charge is 2.14. The van der Waals surface area contributed by atoms with Crippen LogP contribution in [0.25, 0.3) is 0 Å². The van der Waals surface area contributed by atoms with Gasteiger partial charge in [0.1, 0.15) is 11.7 Å². The minimum atomic E-state index is -0.178. The summed E-state index contributed by atoms with van der Waals surface area (Å²) in [6.07, 6.45) is 4.25. The largest absolute Gasteiger partial charge is 0.351 e. The van der Waals surface area contributed by atoms with E-state index in [1.807, 2.05) is 0 Å². The summed E-state index contributed by atoms with van der Waals surface area (Å²) in [4.78, 5) is 34.4. The van der Waals surface area contributed by atoms with Gasteiger partial charge in [0.15, 0.2) is 0 Å². The third kappa shape index (κ3) is 8.50. The van der Waals surface area contributed by atoms with Crippen LogP contribution in [0.1, 0.15) is 23.2 Å². The van der Waals surface area contributed by atoms with Crippen LogP contribution in [0.2, 0.25) is 0 Å². The lowest BCUT2D eigenvalue weighted by molar-refractivity contribution is -0.117. The van der Waals surface area contributed by atoms with Crippen molar-refractivity contribution in [2.24, 2.45) is 10.8 Å². The van der Waals surface area contributed by atoms with Crippen molar-refractivity contribution in [3.63, 3.8) is 0 Å².